The topological polar surface area (TPSA) is 16.4 Å². The van der Waals surface area contributed by atoms with Gasteiger partial charge in [0.25, 0.3) is 0 Å². The maximum atomic E-state index is 6.44. The highest BCUT2D eigenvalue weighted by Gasteiger charge is 2.20. The minimum absolute atomic E-state index is 0.881. The van der Waals surface area contributed by atoms with Crippen molar-refractivity contribution < 1.29 is 4.42 Å². The first-order valence-electron chi connectivity index (χ1n) is 19.2. The molecule has 0 fully saturated rings. The summed E-state index contributed by atoms with van der Waals surface area (Å²) in [5.41, 5.74) is 12.2. The monoisotopic (exact) mass is 713 g/mol. The summed E-state index contributed by atoms with van der Waals surface area (Å²) in [6.07, 6.45) is 0. The fraction of sp³-hybridized carbons (Fsp3) is 0. The van der Waals surface area contributed by atoms with Gasteiger partial charge in [-0.2, -0.15) is 0 Å². The Morgan fingerprint density at radius 2 is 0.839 bits per heavy atom. The van der Waals surface area contributed by atoms with E-state index in [-0.39, 0.29) is 0 Å². The molecule has 1 aromatic heterocycles. The van der Waals surface area contributed by atoms with E-state index in [1.807, 2.05) is 0 Å². The molecule has 0 spiro atoms. The van der Waals surface area contributed by atoms with E-state index in [0.29, 0.717) is 0 Å². The van der Waals surface area contributed by atoms with Crippen molar-refractivity contribution in [3.8, 4) is 33.4 Å². The van der Waals surface area contributed by atoms with Gasteiger partial charge in [-0.25, -0.2) is 0 Å². The van der Waals surface area contributed by atoms with Crippen molar-refractivity contribution in [3.63, 3.8) is 0 Å². The average molecular weight is 714 g/mol. The molecule has 0 unspecified atom stereocenters. The summed E-state index contributed by atoms with van der Waals surface area (Å²) in [4.78, 5) is 2.40. The third kappa shape index (κ3) is 5.42. The van der Waals surface area contributed by atoms with E-state index in [1.165, 1.54) is 60.1 Å². The first-order chi connectivity index (χ1) is 27.7. The number of benzene rings is 10. The standard InChI is InChI=1S/C54H35NO/c1-2-13-37(14-3-1)48-19-10-11-21-51(48)55(45-29-31-52-50(35-45)54-49-20-7-6-15-38(49)27-30-53(54)56-52)44-28-26-40-33-43(25-23-41(40)34-44)47-18-9-8-17-46(47)42-24-22-36-12-4-5-16-39(36)32-42/h1-35H. The highest BCUT2D eigenvalue weighted by atomic mass is 16.3. The van der Waals surface area contributed by atoms with Crippen LogP contribution in [0.3, 0.4) is 0 Å². The Labute approximate surface area is 325 Å². The van der Waals surface area contributed by atoms with E-state index in [9.17, 15) is 0 Å². The molecule has 0 aliphatic carbocycles. The van der Waals surface area contributed by atoms with E-state index >= 15 is 0 Å². The van der Waals surface area contributed by atoms with Crippen LogP contribution in [0, 0.1) is 0 Å². The van der Waals surface area contributed by atoms with Crippen LogP contribution in [0.5, 0.6) is 0 Å². The molecule has 0 amide bonds. The van der Waals surface area contributed by atoms with Crippen molar-refractivity contribution in [1.29, 1.82) is 0 Å². The predicted molar refractivity (Wildman–Crippen MR) is 237 cm³/mol. The Morgan fingerprint density at radius 3 is 1.64 bits per heavy atom. The van der Waals surface area contributed by atoms with Crippen LogP contribution < -0.4 is 4.90 Å². The van der Waals surface area contributed by atoms with E-state index in [4.69, 9.17) is 4.42 Å². The van der Waals surface area contributed by atoms with E-state index in [1.54, 1.807) is 0 Å². The second kappa shape index (κ2) is 13.2. The second-order valence-corrected chi connectivity index (χ2v) is 14.5. The fourth-order valence-corrected chi connectivity index (χ4v) is 8.52. The van der Waals surface area contributed by atoms with Gasteiger partial charge in [-0.15, -0.1) is 0 Å². The molecule has 10 aromatic carbocycles. The lowest BCUT2D eigenvalue weighted by molar-refractivity contribution is 0.669. The van der Waals surface area contributed by atoms with Crippen molar-refractivity contribution in [2.24, 2.45) is 0 Å². The predicted octanol–water partition coefficient (Wildman–Crippen LogP) is 15.5. The van der Waals surface area contributed by atoms with Gasteiger partial charge in [0, 0.05) is 27.7 Å². The van der Waals surface area contributed by atoms with Gasteiger partial charge in [-0.05, 0) is 115 Å². The summed E-state index contributed by atoms with van der Waals surface area (Å²) in [5.74, 6) is 0. The quantitative estimate of drug-likeness (QED) is 0.171. The lowest BCUT2D eigenvalue weighted by Gasteiger charge is -2.28. The number of fused-ring (bicyclic) bond motifs is 7. The lowest BCUT2D eigenvalue weighted by atomic mass is 9.92. The number of nitrogens with zero attached hydrogens (tertiary/aromatic N) is 1. The van der Waals surface area contributed by atoms with Gasteiger partial charge in [-0.3, -0.25) is 0 Å². The van der Waals surface area contributed by atoms with Crippen LogP contribution in [-0.4, -0.2) is 0 Å². The fourth-order valence-electron chi connectivity index (χ4n) is 8.52. The number of hydrogen-bond acceptors (Lipinski definition) is 2. The van der Waals surface area contributed by atoms with E-state index < -0.39 is 0 Å². The van der Waals surface area contributed by atoms with Gasteiger partial charge in [-0.1, -0.05) is 158 Å². The van der Waals surface area contributed by atoms with Crippen LogP contribution in [0.4, 0.5) is 17.1 Å². The van der Waals surface area contributed by atoms with Crippen LogP contribution >= 0.6 is 0 Å². The number of furan rings is 1. The molecule has 0 bridgehead atoms. The molecule has 1 heterocycles. The Balaban J connectivity index is 1.07. The smallest absolute Gasteiger partial charge is 0.136 e. The van der Waals surface area contributed by atoms with Crippen molar-refractivity contribution in [2.75, 3.05) is 4.90 Å². The first kappa shape index (κ1) is 32.0. The summed E-state index contributed by atoms with van der Waals surface area (Å²) < 4.78 is 6.44. The average Bonchev–Trinajstić information content (AvgIpc) is 3.65. The zero-order chi connectivity index (χ0) is 37.0. The molecule has 2 heteroatoms. The molecule has 0 saturated carbocycles. The summed E-state index contributed by atoms with van der Waals surface area (Å²) in [5, 5.41) is 9.52. The Bertz CT molecular complexity index is 3270. The van der Waals surface area contributed by atoms with Crippen LogP contribution in [0.2, 0.25) is 0 Å². The Kier molecular flexibility index (Phi) is 7.53. The van der Waals surface area contributed by atoms with Gasteiger partial charge in [0.05, 0.1) is 5.69 Å². The highest BCUT2D eigenvalue weighted by molar-refractivity contribution is 6.19. The van der Waals surface area contributed by atoms with Gasteiger partial charge in [0.15, 0.2) is 0 Å². The molecule has 0 aliphatic heterocycles. The van der Waals surface area contributed by atoms with Crippen molar-refractivity contribution in [2.45, 2.75) is 0 Å². The first-order valence-corrected chi connectivity index (χ1v) is 19.2. The minimum atomic E-state index is 0.881. The molecule has 0 saturated heterocycles. The van der Waals surface area contributed by atoms with Crippen LogP contribution in [0.1, 0.15) is 0 Å². The zero-order valence-electron chi connectivity index (χ0n) is 30.6. The second-order valence-electron chi connectivity index (χ2n) is 14.5. The summed E-state index contributed by atoms with van der Waals surface area (Å²) in [6, 6.07) is 76.6. The maximum absolute atomic E-state index is 6.44. The Morgan fingerprint density at radius 1 is 0.304 bits per heavy atom. The van der Waals surface area contributed by atoms with Crippen molar-refractivity contribution >= 4 is 71.3 Å². The van der Waals surface area contributed by atoms with Crippen LogP contribution in [0.15, 0.2) is 217 Å². The third-order valence-electron chi connectivity index (χ3n) is 11.2. The molecule has 56 heavy (non-hydrogen) atoms. The van der Waals surface area contributed by atoms with Gasteiger partial charge >= 0.3 is 0 Å². The van der Waals surface area contributed by atoms with Gasteiger partial charge in [0.2, 0.25) is 0 Å². The highest BCUT2D eigenvalue weighted by Crippen LogP contribution is 2.45. The SMILES string of the molecule is c1ccc(-c2ccccc2N(c2ccc3cc(-c4ccccc4-c4ccc5ccccc5c4)ccc3c2)c2ccc3oc4ccc5ccccc5c4c3c2)cc1. The molecule has 2 nitrogen and oxygen atoms in total. The molecule has 0 aliphatic rings. The number of hydrogen-bond donors (Lipinski definition) is 0. The van der Waals surface area contributed by atoms with E-state index in [2.05, 4.69) is 217 Å². The molecule has 11 rings (SSSR count). The third-order valence-corrected chi connectivity index (χ3v) is 11.2. The van der Waals surface area contributed by atoms with Gasteiger partial charge < -0.3 is 9.32 Å². The molecule has 262 valence electrons. The number of para-hydroxylation sites is 1. The molecule has 0 radical (unpaired) electrons. The molecule has 11 aromatic rings. The molecule has 0 atom stereocenters. The van der Waals surface area contributed by atoms with Gasteiger partial charge in [0.1, 0.15) is 11.2 Å². The molecule has 0 N–H and O–H groups in total. The summed E-state index contributed by atoms with van der Waals surface area (Å²) in [6.45, 7) is 0. The zero-order valence-corrected chi connectivity index (χ0v) is 30.6. The molecular weight excluding hydrogens is 679 g/mol. The van der Waals surface area contributed by atoms with Crippen LogP contribution in [-0.2, 0) is 0 Å². The van der Waals surface area contributed by atoms with Crippen LogP contribution in [0.25, 0.3) is 87.6 Å². The molecular formula is C54H35NO. The number of rotatable bonds is 6. The summed E-state index contributed by atoms with van der Waals surface area (Å²) >= 11 is 0. The summed E-state index contributed by atoms with van der Waals surface area (Å²) in [7, 11) is 0. The van der Waals surface area contributed by atoms with Crippen molar-refractivity contribution in [3.05, 3.63) is 212 Å². The lowest BCUT2D eigenvalue weighted by Crippen LogP contribution is -2.11. The maximum Gasteiger partial charge on any atom is 0.136 e. The Hall–Kier alpha value is -7.42. The minimum Gasteiger partial charge on any atom is -0.456 e. The number of anilines is 3. The van der Waals surface area contributed by atoms with Crippen molar-refractivity contribution in [1.82, 2.24) is 0 Å². The normalized spacial score (nSPS) is 11.6. The largest absolute Gasteiger partial charge is 0.456 e. The van der Waals surface area contributed by atoms with E-state index in [0.717, 1.165) is 44.6 Å².